The normalized spacial score (nSPS) is 11.6. The van der Waals surface area contributed by atoms with Crippen LogP contribution in [-0.2, 0) is 4.79 Å². The maximum absolute atomic E-state index is 13.0. The summed E-state index contributed by atoms with van der Waals surface area (Å²) in [6, 6.07) is 23.2. The van der Waals surface area contributed by atoms with E-state index < -0.39 is 6.10 Å². The first kappa shape index (κ1) is 18.0. The molecule has 3 aromatic carbocycles. The Hall–Kier alpha value is -2.79. The minimum absolute atomic E-state index is 0.268. The van der Waals surface area contributed by atoms with Crippen molar-refractivity contribution in [3.05, 3.63) is 84.7 Å². The molecule has 3 nitrogen and oxygen atoms in total. The van der Waals surface area contributed by atoms with Crippen molar-refractivity contribution < 1.29 is 13.9 Å². The van der Waals surface area contributed by atoms with E-state index in [4.69, 9.17) is 4.74 Å². The summed E-state index contributed by atoms with van der Waals surface area (Å²) in [5.74, 6) is -0.169. The topological polar surface area (TPSA) is 38.3 Å². The van der Waals surface area contributed by atoms with E-state index in [0.29, 0.717) is 5.75 Å². The number of ether oxygens (including phenoxy) is 1. The van der Waals surface area contributed by atoms with Crippen molar-refractivity contribution >= 4 is 23.4 Å². The number of para-hydroxylation sites is 1. The molecular weight excluding hydrogens is 349 g/mol. The van der Waals surface area contributed by atoms with Gasteiger partial charge in [-0.1, -0.05) is 42.1 Å². The number of nitrogens with one attached hydrogen (secondary N) is 1. The van der Waals surface area contributed by atoms with Crippen molar-refractivity contribution in [3.63, 3.8) is 0 Å². The average molecular weight is 367 g/mol. The van der Waals surface area contributed by atoms with E-state index in [2.05, 4.69) is 5.32 Å². The maximum Gasteiger partial charge on any atom is 0.265 e. The Kier molecular flexibility index (Phi) is 5.92. The number of hydrogen-bond acceptors (Lipinski definition) is 3. The van der Waals surface area contributed by atoms with Crippen molar-refractivity contribution in [3.8, 4) is 5.75 Å². The molecule has 5 heteroatoms. The number of rotatable bonds is 6. The second-order valence-corrected chi connectivity index (χ2v) is 6.73. The Morgan fingerprint density at radius 2 is 1.62 bits per heavy atom. The molecule has 1 N–H and O–H groups in total. The Labute approximate surface area is 156 Å². The van der Waals surface area contributed by atoms with Crippen molar-refractivity contribution in [2.24, 2.45) is 0 Å². The van der Waals surface area contributed by atoms with Crippen LogP contribution in [0, 0.1) is 5.82 Å². The monoisotopic (exact) mass is 367 g/mol. The SMILES string of the molecule is C[C@@H](Oc1ccc(F)cc1)C(=O)Nc1ccccc1Sc1ccccc1. The van der Waals surface area contributed by atoms with Crippen LogP contribution in [0.3, 0.4) is 0 Å². The lowest BCUT2D eigenvalue weighted by Crippen LogP contribution is -2.30. The predicted octanol–water partition coefficient (Wildman–Crippen LogP) is 5.38. The highest BCUT2D eigenvalue weighted by Gasteiger charge is 2.16. The number of benzene rings is 3. The second kappa shape index (κ2) is 8.54. The molecule has 3 aromatic rings. The molecule has 132 valence electrons. The molecule has 0 saturated carbocycles. The van der Waals surface area contributed by atoms with Crippen molar-refractivity contribution in [2.45, 2.75) is 22.8 Å². The second-order valence-electron chi connectivity index (χ2n) is 5.61. The number of amides is 1. The summed E-state index contributed by atoms with van der Waals surface area (Å²) in [4.78, 5) is 14.5. The number of carbonyl (C=O) groups is 1. The fraction of sp³-hybridized carbons (Fsp3) is 0.0952. The third-order valence-electron chi connectivity index (χ3n) is 3.61. The van der Waals surface area contributed by atoms with Crippen LogP contribution in [0.15, 0.2) is 88.7 Å². The molecule has 0 heterocycles. The Bertz CT molecular complexity index is 869. The van der Waals surface area contributed by atoms with Gasteiger partial charge in [0.05, 0.1) is 5.69 Å². The van der Waals surface area contributed by atoms with Gasteiger partial charge in [0.15, 0.2) is 6.10 Å². The van der Waals surface area contributed by atoms with Gasteiger partial charge in [-0.15, -0.1) is 0 Å². The zero-order chi connectivity index (χ0) is 18.4. The lowest BCUT2D eigenvalue weighted by Gasteiger charge is -2.16. The molecule has 0 aliphatic carbocycles. The molecule has 0 bridgehead atoms. The van der Waals surface area contributed by atoms with Crippen LogP contribution in [0.5, 0.6) is 5.75 Å². The summed E-state index contributed by atoms with van der Waals surface area (Å²) >= 11 is 1.58. The zero-order valence-electron chi connectivity index (χ0n) is 14.2. The van der Waals surface area contributed by atoms with Crippen molar-refractivity contribution in [1.29, 1.82) is 0 Å². The zero-order valence-corrected chi connectivity index (χ0v) is 15.0. The third kappa shape index (κ3) is 4.86. The maximum atomic E-state index is 13.0. The van der Waals surface area contributed by atoms with E-state index >= 15 is 0 Å². The highest BCUT2D eigenvalue weighted by Crippen LogP contribution is 2.33. The molecule has 26 heavy (non-hydrogen) atoms. The smallest absolute Gasteiger partial charge is 0.265 e. The Morgan fingerprint density at radius 3 is 2.35 bits per heavy atom. The minimum atomic E-state index is -0.713. The molecule has 0 radical (unpaired) electrons. The highest BCUT2D eigenvalue weighted by atomic mass is 32.2. The van der Waals surface area contributed by atoms with Gasteiger partial charge in [-0.05, 0) is 55.5 Å². The number of carbonyl (C=O) groups excluding carboxylic acids is 1. The fourth-order valence-electron chi connectivity index (χ4n) is 2.28. The van der Waals surface area contributed by atoms with Crippen LogP contribution in [-0.4, -0.2) is 12.0 Å². The van der Waals surface area contributed by atoms with Crippen LogP contribution in [0.1, 0.15) is 6.92 Å². The van der Waals surface area contributed by atoms with Gasteiger partial charge in [-0.2, -0.15) is 0 Å². The van der Waals surface area contributed by atoms with E-state index in [1.807, 2.05) is 54.6 Å². The largest absolute Gasteiger partial charge is 0.481 e. The first-order valence-corrected chi connectivity index (χ1v) is 8.98. The van der Waals surface area contributed by atoms with Crippen LogP contribution in [0.2, 0.25) is 0 Å². The third-order valence-corrected chi connectivity index (χ3v) is 4.70. The lowest BCUT2D eigenvalue weighted by atomic mass is 10.3. The Morgan fingerprint density at radius 1 is 0.962 bits per heavy atom. The summed E-state index contributed by atoms with van der Waals surface area (Å²) < 4.78 is 18.5. The van der Waals surface area contributed by atoms with Gasteiger partial charge in [0.1, 0.15) is 11.6 Å². The van der Waals surface area contributed by atoms with E-state index in [1.165, 1.54) is 24.3 Å². The van der Waals surface area contributed by atoms with Crippen molar-refractivity contribution in [2.75, 3.05) is 5.32 Å². The highest BCUT2D eigenvalue weighted by molar-refractivity contribution is 7.99. The molecule has 0 saturated heterocycles. The molecule has 0 spiro atoms. The average Bonchev–Trinajstić information content (AvgIpc) is 2.66. The van der Waals surface area contributed by atoms with Crippen LogP contribution >= 0.6 is 11.8 Å². The molecular formula is C21H18FNO2S. The summed E-state index contributed by atoms with van der Waals surface area (Å²) in [5, 5.41) is 2.90. The minimum Gasteiger partial charge on any atom is -0.481 e. The van der Waals surface area contributed by atoms with Gasteiger partial charge in [0.25, 0.3) is 5.91 Å². The summed E-state index contributed by atoms with van der Waals surface area (Å²) in [6.07, 6.45) is -0.713. The number of halogens is 1. The molecule has 0 aromatic heterocycles. The van der Waals surface area contributed by atoms with E-state index in [-0.39, 0.29) is 11.7 Å². The van der Waals surface area contributed by atoms with Gasteiger partial charge in [0, 0.05) is 9.79 Å². The summed E-state index contributed by atoms with van der Waals surface area (Å²) in [7, 11) is 0. The van der Waals surface area contributed by atoms with Crippen LogP contribution in [0.4, 0.5) is 10.1 Å². The van der Waals surface area contributed by atoms with Gasteiger partial charge in [-0.25, -0.2) is 4.39 Å². The molecule has 0 aliphatic heterocycles. The van der Waals surface area contributed by atoms with Gasteiger partial charge in [0.2, 0.25) is 0 Å². The standard InChI is InChI=1S/C21H18FNO2S/c1-15(25-17-13-11-16(22)12-14-17)21(24)23-19-9-5-6-10-20(19)26-18-7-3-2-4-8-18/h2-15H,1H3,(H,23,24)/t15-/m1/s1. The van der Waals surface area contributed by atoms with Crippen LogP contribution in [0.25, 0.3) is 0 Å². The molecule has 0 aliphatic rings. The quantitative estimate of drug-likeness (QED) is 0.635. The van der Waals surface area contributed by atoms with Crippen LogP contribution < -0.4 is 10.1 Å². The van der Waals surface area contributed by atoms with E-state index in [9.17, 15) is 9.18 Å². The predicted molar refractivity (Wildman–Crippen MR) is 102 cm³/mol. The van der Waals surface area contributed by atoms with Gasteiger partial charge in [-0.3, -0.25) is 4.79 Å². The molecule has 1 amide bonds. The molecule has 0 unspecified atom stereocenters. The van der Waals surface area contributed by atoms with Gasteiger partial charge >= 0.3 is 0 Å². The molecule has 1 atom stereocenters. The summed E-state index contributed by atoms with van der Waals surface area (Å²) in [6.45, 7) is 1.66. The first-order valence-electron chi connectivity index (χ1n) is 8.17. The van der Waals surface area contributed by atoms with E-state index in [1.54, 1.807) is 18.7 Å². The molecule has 0 fully saturated rings. The molecule has 3 rings (SSSR count). The lowest BCUT2D eigenvalue weighted by molar-refractivity contribution is -0.122. The van der Waals surface area contributed by atoms with Gasteiger partial charge < -0.3 is 10.1 Å². The first-order chi connectivity index (χ1) is 12.6. The number of anilines is 1. The Balaban J connectivity index is 1.68. The fourth-order valence-corrected chi connectivity index (χ4v) is 3.20. The summed E-state index contributed by atoms with van der Waals surface area (Å²) in [5.41, 5.74) is 0.723. The van der Waals surface area contributed by atoms with E-state index in [0.717, 1.165) is 15.5 Å². The van der Waals surface area contributed by atoms with Crippen molar-refractivity contribution in [1.82, 2.24) is 0 Å². The number of hydrogen-bond donors (Lipinski definition) is 1.